The number of hydrogen-bond donors (Lipinski definition) is 0. The van der Waals surface area contributed by atoms with Gasteiger partial charge < -0.3 is 4.57 Å². The third-order valence-corrected chi connectivity index (χ3v) is 6.51. The minimum atomic E-state index is -4.60. The van der Waals surface area contributed by atoms with Crippen LogP contribution in [0, 0.1) is 6.92 Å². The summed E-state index contributed by atoms with van der Waals surface area (Å²) in [5.41, 5.74) is -0.938. The summed E-state index contributed by atoms with van der Waals surface area (Å²) in [5.74, 6) is 0.531. The second-order valence-corrected chi connectivity index (χ2v) is 8.41. The second-order valence-electron chi connectivity index (χ2n) is 6.48. The van der Waals surface area contributed by atoms with Gasteiger partial charge in [0.05, 0.1) is 10.5 Å². The molecule has 0 radical (unpaired) electrons. The lowest BCUT2D eigenvalue weighted by Crippen LogP contribution is -2.39. The third-order valence-electron chi connectivity index (χ3n) is 4.65. The summed E-state index contributed by atoms with van der Waals surface area (Å²) in [5, 5.41) is 7.84. The van der Waals surface area contributed by atoms with E-state index in [9.17, 15) is 21.6 Å². The molecule has 0 saturated carbocycles. The summed E-state index contributed by atoms with van der Waals surface area (Å²) in [6.45, 7) is 1.75. The van der Waals surface area contributed by atoms with Crippen LogP contribution in [0.2, 0.25) is 0 Å². The Kier molecular flexibility index (Phi) is 4.82. The molecule has 1 atom stereocenters. The molecule has 1 aliphatic heterocycles. The average molecular weight is 388 g/mol. The Hall–Kier alpha value is -1.94. The van der Waals surface area contributed by atoms with Crippen molar-refractivity contribution < 1.29 is 21.6 Å². The second kappa shape index (κ2) is 6.66. The van der Waals surface area contributed by atoms with Crippen molar-refractivity contribution in [2.45, 2.75) is 36.8 Å². The molecular weight excluding hydrogens is 369 g/mol. The summed E-state index contributed by atoms with van der Waals surface area (Å²) >= 11 is 0. The van der Waals surface area contributed by atoms with Crippen LogP contribution in [0.1, 0.15) is 35.7 Å². The Morgan fingerprint density at radius 3 is 2.62 bits per heavy atom. The van der Waals surface area contributed by atoms with Gasteiger partial charge in [0.15, 0.2) is 0 Å². The molecule has 0 spiro atoms. The van der Waals surface area contributed by atoms with Crippen molar-refractivity contribution in [1.29, 1.82) is 0 Å². The Bertz CT molecular complexity index is 908. The highest BCUT2D eigenvalue weighted by atomic mass is 32.2. The van der Waals surface area contributed by atoms with Crippen molar-refractivity contribution in [2.75, 3.05) is 13.1 Å². The van der Waals surface area contributed by atoms with Crippen LogP contribution >= 0.6 is 0 Å². The normalized spacial score (nSPS) is 19.7. The summed E-state index contributed by atoms with van der Waals surface area (Å²) in [4.78, 5) is -0.339. The Morgan fingerprint density at radius 2 is 2.00 bits per heavy atom. The molecule has 1 aromatic carbocycles. The van der Waals surface area contributed by atoms with Crippen molar-refractivity contribution in [3.05, 3.63) is 41.5 Å². The maximum absolute atomic E-state index is 13.1. The smallest absolute Gasteiger partial charge is 0.320 e. The van der Waals surface area contributed by atoms with Gasteiger partial charge in [-0.05, 0) is 37.5 Å². The van der Waals surface area contributed by atoms with Gasteiger partial charge in [-0.3, -0.25) is 0 Å². The van der Waals surface area contributed by atoms with Crippen molar-refractivity contribution in [3.8, 4) is 0 Å². The number of rotatable bonds is 3. The number of benzene rings is 1. The van der Waals surface area contributed by atoms with E-state index in [1.165, 1.54) is 23.4 Å². The van der Waals surface area contributed by atoms with Gasteiger partial charge in [-0.25, -0.2) is 8.42 Å². The lowest BCUT2D eigenvalue weighted by atomic mass is 9.99. The van der Waals surface area contributed by atoms with Crippen molar-refractivity contribution in [3.63, 3.8) is 0 Å². The van der Waals surface area contributed by atoms with Crippen LogP contribution in [0.3, 0.4) is 0 Å². The number of aryl methyl sites for hydroxylation is 2. The number of piperidine rings is 1. The van der Waals surface area contributed by atoms with E-state index in [2.05, 4.69) is 10.2 Å². The van der Waals surface area contributed by atoms with E-state index < -0.39 is 21.8 Å². The Labute approximate surface area is 149 Å². The minimum Gasteiger partial charge on any atom is -0.320 e. The lowest BCUT2D eigenvalue weighted by molar-refractivity contribution is -0.138. The predicted octanol–water partition coefficient (Wildman–Crippen LogP) is 2.71. The number of aromatic nitrogens is 3. The molecule has 2 heterocycles. The summed E-state index contributed by atoms with van der Waals surface area (Å²) < 4.78 is 68.1. The molecule has 142 valence electrons. The van der Waals surface area contributed by atoms with E-state index in [0.29, 0.717) is 12.2 Å². The van der Waals surface area contributed by atoms with Gasteiger partial charge in [0.1, 0.15) is 12.2 Å². The third kappa shape index (κ3) is 3.48. The van der Waals surface area contributed by atoms with E-state index in [-0.39, 0.29) is 29.5 Å². The topological polar surface area (TPSA) is 68.1 Å². The fourth-order valence-electron chi connectivity index (χ4n) is 3.25. The van der Waals surface area contributed by atoms with Gasteiger partial charge >= 0.3 is 6.18 Å². The number of nitrogens with zero attached hydrogens (tertiary/aromatic N) is 4. The van der Waals surface area contributed by atoms with E-state index in [1.54, 1.807) is 17.9 Å². The van der Waals surface area contributed by atoms with Crippen LogP contribution in [0.25, 0.3) is 0 Å². The molecule has 1 aromatic heterocycles. The van der Waals surface area contributed by atoms with Crippen LogP contribution in [0.4, 0.5) is 13.2 Å². The maximum atomic E-state index is 13.1. The summed E-state index contributed by atoms with van der Waals surface area (Å²) in [7, 11) is -2.25. The van der Waals surface area contributed by atoms with Gasteiger partial charge in [-0.1, -0.05) is 6.07 Å². The summed E-state index contributed by atoms with van der Waals surface area (Å²) in [6, 6.07) is 3.14. The predicted molar refractivity (Wildman–Crippen MR) is 87.9 cm³/mol. The molecule has 2 aromatic rings. The number of hydrogen-bond acceptors (Lipinski definition) is 4. The van der Waals surface area contributed by atoms with Crippen molar-refractivity contribution >= 4 is 10.0 Å². The molecule has 1 aliphatic rings. The van der Waals surface area contributed by atoms with Crippen LogP contribution in [-0.2, 0) is 23.2 Å². The van der Waals surface area contributed by atoms with Gasteiger partial charge in [-0.2, -0.15) is 17.5 Å². The fourth-order valence-corrected chi connectivity index (χ4v) is 4.80. The van der Waals surface area contributed by atoms with Crippen LogP contribution in [0.5, 0.6) is 0 Å². The first-order valence-corrected chi connectivity index (χ1v) is 9.56. The van der Waals surface area contributed by atoms with E-state index in [4.69, 9.17) is 0 Å². The molecule has 3 rings (SSSR count). The lowest BCUT2D eigenvalue weighted by Gasteiger charge is -2.31. The van der Waals surface area contributed by atoms with Crippen LogP contribution < -0.4 is 0 Å². The van der Waals surface area contributed by atoms with Gasteiger partial charge in [-0.15, -0.1) is 10.2 Å². The molecule has 0 aliphatic carbocycles. The quantitative estimate of drug-likeness (QED) is 0.811. The molecule has 0 unspecified atom stereocenters. The zero-order valence-electron chi connectivity index (χ0n) is 14.4. The number of halogens is 3. The highest BCUT2D eigenvalue weighted by molar-refractivity contribution is 7.89. The van der Waals surface area contributed by atoms with E-state index >= 15 is 0 Å². The summed E-state index contributed by atoms with van der Waals surface area (Å²) in [6.07, 6.45) is -1.70. The highest BCUT2D eigenvalue weighted by Gasteiger charge is 2.36. The zero-order valence-corrected chi connectivity index (χ0v) is 15.2. The monoisotopic (exact) mass is 388 g/mol. The molecule has 1 saturated heterocycles. The first-order valence-electron chi connectivity index (χ1n) is 8.12. The molecule has 0 bridgehead atoms. The largest absolute Gasteiger partial charge is 0.416 e. The van der Waals surface area contributed by atoms with E-state index in [1.807, 2.05) is 0 Å². The van der Waals surface area contributed by atoms with Gasteiger partial charge in [0.2, 0.25) is 10.0 Å². The van der Waals surface area contributed by atoms with Crippen LogP contribution in [0.15, 0.2) is 29.4 Å². The maximum Gasteiger partial charge on any atom is 0.416 e. The molecule has 0 amide bonds. The molecule has 0 N–H and O–H groups in total. The first-order chi connectivity index (χ1) is 12.1. The van der Waals surface area contributed by atoms with Gasteiger partial charge in [0.25, 0.3) is 0 Å². The van der Waals surface area contributed by atoms with Crippen molar-refractivity contribution in [2.24, 2.45) is 7.05 Å². The standard InChI is InChI=1S/C16H19F3N4O2S/c1-11-5-6-13(8-14(11)16(17,18)19)26(24,25)23-7-3-4-12(9-23)15-21-20-10-22(15)2/h5-6,8,10,12H,3-4,7,9H2,1-2H3/t12-/m0/s1. The first kappa shape index (κ1) is 18.8. The highest BCUT2D eigenvalue weighted by Crippen LogP contribution is 2.35. The van der Waals surface area contributed by atoms with Crippen LogP contribution in [-0.4, -0.2) is 40.6 Å². The molecule has 1 fully saturated rings. The Balaban J connectivity index is 1.92. The molecule has 10 heteroatoms. The molecular formula is C16H19F3N4O2S. The number of alkyl halides is 3. The number of sulfonamides is 1. The zero-order chi connectivity index (χ0) is 19.1. The molecule has 6 nitrogen and oxygen atoms in total. The average Bonchev–Trinajstić information content (AvgIpc) is 3.00. The van der Waals surface area contributed by atoms with E-state index in [0.717, 1.165) is 12.5 Å². The fraction of sp³-hybridized carbons (Fsp3) is 0.500. The minimum absolute atomic E-state index is 0.00736. The molecule has 26 heavy (non-hydrogen) atoms. The van der Waals surface area contributed by atoms with Crippen molar-refractivity contribution in [1.82, 2.24) is 19.1 Å². The Morgan fingerprint density at radius 1 is 1.27 bits per heavy atom. The SMILES string of the molecule is Cc1ccc(S(=O)(=O)N2CCC[C@H](c3nncn3C)C2)cc1C(F)(F)F. The van der Waals surface area contributed by atoms with Gasteiger partial charge in [0, 0.05) is 26.1 Å².